The molecule has 1 rings (SSSR count). The topological polar surface area (TPSA) is 54.0 Å². The van der Waals surface area contributed by atoms with Gasteiger partial charge in [0.25, 0.3) is 0 Å². The molecular formula is C11H12BrN3O. The summed E-state index contributed by atoms with van der Waals surface area (Å²) in [5, 5.41) is 5.55. The average Bonchev–Trinajstić information content (AvgIpc) is 2.23. The van der Waals surface area contributed by atoms with Gasteiger partial charge in [-0.2, -0.15) is 0 Å². The molecule has 1 aromatic rings. The van der Waals surface area contributed by atoms with Gasteiger partial charge in [-0.1, -0.05) is 5.92 Å². The Labute approximate surface area is 103 Å². The number of pyridine rings is 1. The number of rotatable bonds is 4. The summed E-state index contributed by atoms with van der Waals surface area (Å²) in [7, 11) is 0. The Bertz CT molecular complexity index is 426. The Morgan fingerprint density at radius 2 is 2.38 bits per heavy atom. The van der Waals surface area contributed by atoms with E-state index in [4.69, 9.17) is 6.42 Å². The van der Waals surface area contributed by atoms with E-state index in [0.717, 1.165) is 10.3 Å². The van der Waals surface area contributed by atoms with Gasteiger partial charge < -0.3 is 5.32 Å². The maximum atomic E-state index is 11.4. The zero-order chi connectivity index (χ0) is 12.0. The van der Waals surface area contributed by atoms with Crippen LogP contribution in [0.15, 0.2) is 16.7 Å². The molecule has 0 aromatic carbocycles. The molecule has 4 nitrogen and oxygen atoms in total. The highest BCUT2D eigenvalue weighted by molar-refractivity contribution is 9.10. The number of carbonyl (C=O) groups excluding carboxylic acids is 1. The van der Waals surface area contributed by atoms with Crippen molar-refractivity contribution in [2.24, 2.45) is 0 Å². The highest BCUT2D eigenvalue weighted by Crippen LogP contribution is 2.15. The summed E-state index contributed by atoms with van der Waals surface area (Å²) in [6, 6.07) is 3.57. The van der Waals surface area contributed by atoms with Crippen molar-refractivity contribution in [1.29, 1.82) is 0 Å². The number of amides is 1. The molecule has 5 heteroatoms. The Hall–Kier alpha value is -1.38. The van der Waals surface area contributed by atoms with Gasteiger partial charge in [-0.05, 0) is 35.0 Å². The highest BCUT2D eigenvalue weighted by Gasteiger charge is 2.04. The van der Waals surface area contributed by atoms with Gasteiger partial charge in [0.05, 0.1) is 24.5 Å². The summed E-state index contributed by atoms with van der Waals surface area (Å²) in [5.41, 5.74) is 1.47. The minimum Gasteiger partial charge on any atom is -0.323 e. The number of anilines is 1. The van der Waals surface area contributed by atoms with Crippen molar-refractivity contribution in [3.8, 4) is 12.3 Å². The molecule has 1 amide bonds. The zero-order valence-electron chi connectivity index (χ0n) is 8.88. The second-order valence-corrected chi connectivity index (χ2v) is 3.94. The zero-order valence-corrected chi connectivity index (χ0v) is 10.5. The molecule has 1 aromatic heterocycles. The molecule has 0 saturated carbocycles. The van der Waals surface area contributed by atoms with Crippen molar-refractivity contribution >= 4 is 27.5 Å². The van der Waals surface area contributed by atoms with Gasteiger partial charge >= 0.3 is 0 Å². The van der Waals surface area contributed by atoms with Crippen LogP contribution in [0.3, 0.4) is 0 Å². The first-order valence-electron chi connectivity index (χ1n) is 4.70. The molecule has 0 radical (unpaired) electrons. The third-order valence-corrected chi connectivity index (χ3v) is 2.28. The molecule has 0 aliphatic carbocycles. The Morgan fingerprint density at radius 1 is 1.62 bits per heavy atom. The van der Waals surface area contributed by atoms with Gasteiger partial charge in [-0.25, -0.2) is 4.98 Å². The molecule has 1 heterocycles. The first kappa shape index (κ1) is 12.7. The van der Waals surface area contributed by atoms with E-state index in [1.807, 2.05) is 6.92 Å². The van der Waals surface area contributed by atoms with E-state index >= 15 is 0 Å². The van der Waals surface area contributed by atoms with Crippen LogP contribution in [0.2, 0.25) is 0 Å². The van der Waals surface area contributed by atoms with Crippen molar-refractivity contribution in [3.63, 3.8) is 0 Å². The van der Waals surface area contributed by atoms with Gasteiger partial charge in [0, 0.05) is 0 Å². The minimum absolute atomic E-state index is 0.137. The Kier molecular flexibility index (Phi) is 4.96. The average molecular weight is 282 g/mol. The lowest BCUT2D eigenvalue weighted by molar-refractivity contribution is -0.115. The molecule has 0 spiro atoms. The van der Waals surface area contributed by atoms with E-state index in [0.29, 0.717) is 12.2 Å². The lowest BCUT2D eigenvalue weighted by atomic mass is 10.3. The first-order valence-corrected chi connectivity index (χ1v) is 5.50. The van der Waals surface area contributed by atoms with Crippen LogP contribution in [0.25, 0.3) is 0 Å². The van der Waals surface area contributed by atoms with Crippen LogP contribution in [0.4, 0.5) is 5.69 Å². The quantitative estimate of drug-likeness (QED) is 0.497. The third-order valence-electron chi connectivity index (χ3n) is 1.84. The predicted octanol–water partition coefficient (Wildman–Crippen LogP) is 1.31. The van der Waals surface area contributed by atoms with E-state index in [1.54, 1.807) is 12.1 Å². The van der Waals surface area contributed by atoms with Crippen LogP contribution < -0.4 is 10.6 Å². The lowest BCUT2D eigenvalue weighted by Gasteiger charge is -2.07. The van der Waals surface area contributed by atoms with Crippen LogP contribution >= 0.6 is 15.9 Å². The van der Waals surface area contributed by atoms with E-state index in [-0.39, 0.29) is 12.5 Å². The molecular weight excluding hydrogens is 270 g/mol. The maximum absolute atomic E-state index is 11.4. The van der Waals surface area contributed by atoms with Gasteiger partial charge in [-0.15, -0.1) is 6.42 Å². The number of hydrogen-bond donors (Lipinski definition) is 2. The van der Waals surface area contributed by atoms with E-state index in [2.05, 4.69) is 37.5 Å². The standard InChI is InChI=1S/C11H12BrN3O/c1-3-6-13-7-11(16)15-9-4-5-10(12)14-8(9)2/h1,4-5,13H,6-7H2,2H3,(H,15,16). The lowest BCUT2D eigenvalue weighted by Crippen LogP contribution is -2.28. The number of halogens is 1. The molecule has 84 valence electrons. The SMILES string of the molecule is C#CCNCC(=O)Nc1ccc(Br)nc1C. The minimum atomic E-state index is -0.137. The van der Waals surface area contributed by atoms with Crippen LogP contribution in [-0.4, -0.2) is 24.0 Å². The number of hydrogen-bond acceptors (Lipinski definition) is 3. The van der Waals surface area contributed by atoms with Crippen LogP contribution in [0.1, 0.15) is 5.69 Å². The normalized spacial score (nSPS) is 9.56. The third kappa shape index (κ3) is 4.01. The smallest absolute Gasteiger partial charge is 0.238 e. The number of aryl methyl sites for hydroxylation is 1. The van der Waals surface area contributed by atoms with Crippen LogP contribution in [-0.2, 0) is 4.79 Å². The molecule has 0 bridgehead atoms. The fourth-order valence-electron chi connectivity index (χ4n) is 1.11. The summed E-state index contributed by atoms with van der Waals surface area (Å²) in [6.07, 6.45) is 5.05. The summed E-state index contributed by atoms with van der Waals surface area (Å²) in [4.78, 5) is 15.6. The first-order chi connectivity index (χ1) is 7.63. The van der Waals surface area contributed by atoms with Gasteiger partial charge in [0.1, 0.15) is 4.60 Å². The molecule has 0 aliphatic heterocycles. The second-order valence-electron chi connectivity index (χ2n) is 3.12. The van der Waals surface area contributed by atoms with Crippen molar-refractivity contribution in [2.45, 2.75) is 6.92 Å². The molecule has 2 N–H and O–H groups in total. The number of nitrogens with one attached hydrogen (secondary N) is 2. The molecule has 0 atom stereocenters. The molecule has 0 aliphatic rings. The van der Waals surface area contributed by atoms with E-state index in [1.165, 1.54) is 0 Å². The Morgan fingerprint density at radius 3 is 3.00 bits per heavy atom. The van der Waals surface area contributed by atoms with Gasteiger partial charge in [0.15, 0.2) is 0 Å². The summed E-state index contributed by atoms with van der Waals surface area (Å²) in [5.74, 6) is 2.26. The number of nitrogens with zero attached hydrogens (tertiary/aromatic N) is 1. The summed E-state index contributed by atoms with van der Waals surface area (Å²) in [6.45, 7) is 2.40. The van der Waals surface area contributed by atoms with E-state index in [9.17, 15) is 4.79 Å². The largest absolute Gasteiger partial charge is 0.323 e. The van der Waals surface area contributed by atoms with Crippen LogP contribution in [0, 0.1) is 19.3 Å². The maximum Gasteiger partial charge on any atom is 0.238 e. The second kappa shape index (κ2) is 6.26. The fourth-order valence-corrected chi connectivity index (χ4v) is 1.50. The number of carbonyl (C=O) groups is 1. The van der Waals surface area contributed by atoms with E-state index < -0.39 is 0 Å². The van der Waals surface area contributed by atoms with Gasteiger partial charge in [0.2, 0.25) is 5.91 Å². The van der Waals surface area contributed by atoms with Crippen LogP contribution in [0.5, 0.6) is 0 Å². The number of aromatic nitrogens is 1. The molecule has 16 heavy (non-hydrogen) atoms. The molecule has 0 fully saturated rings. The Balaban J connectivity index is 2.53. The van der Waals surface area contributed by atoms with Crippen molar-refractivity contribution < 1.29 is 4.79 Å². The number of terminal acetylenes is 1. The summed E-state index contributed by atoms with van der Waals surface area (Å²) < 4.78 is 0.744. The monoisotopic (exact) mass is 281 g/mol. The summed E-state index contributed by atoms with van der Waals surface area (Å²) >= 11 is 3.26. The predicted molar refractivity (Wildman–Crippen MR) is 67.0 cm³/mol. The van der Waals surface area contributed by atoms with Gasteiger partial charge in [-0.3, -0.25) is 10.1 Å². The van der Waals surface area contributed by atoms with Crippen molar-refractivity contribution in [2.75, 3.05) is 18.4 Å². The molecule has 0 unspecified atom stereocenters. The van der Waals surface area contributed by atoms with Crippen molar-refractivity contribution in [3.05, 3.63) is 22.4 Å². The highest BCUT2D eigenvalue weighted by atomic mass is 79.9. The van der Waals surface area contributed by atoms with Crippen molar-refractivity contribution in [1.82, 2.24) is 10.3 Å². The fraction of sp³-hybridized carbons (Fsp3) is 0.273. The molecule has 0 saturated heterocycles.